The summed E-state index contributed by atoms with van der Waals surface area (Å²) in [5.74, 6) is 1.16. The van der Waals surface area contributed by atoms with Crippen LogP contribution in [-0.2, 0) is 28.4 Å². The summed E-state index contributed by atoms with van der Waals surface area (Å²) in [7, 11) is 0. The van der Waals surface area contributed by atoms with Crippen molar-refractivity contribution < 1.29 is 28.4 Å². The van der Waals surface area contributed by atoms with Gasteiger partial charge in [-0.25, -0.2) is 0 Å². The van der Waals surface area contributed by atoms with Gasteiger partial charge in [0.2, 0.25) is 0 Å². The summed E-state index contributed by atoms with van der Waals surface area (Å²) in [4.78, 5) is 0. The lowest BCUT2D eigenvalue weighted by Gasteiger charge is -2.28. The fraction of sp³-hybridized carbons (Fsp3) is 0.867. The first-order chi connectivity index (χ1) is 9.81. The number of fused-ring (bicyclic) bond motifs is 1. The molecule has 0 amide bonds. The molecular weight excluding hydrogens is 276 g/mol. The fourth-order valence-electron chi connectivity index (χ4n) is 3.01. The maximum atomic E-state index is 5.96. The van der Waals surface area contributed by atoms with Crippen LogP contribution in [0.25, 0.3) is 0 Å². The van der Waals surface area contributed by atoms with Crippen LogP contribution in [0.3, 0.4) is 0 Å². The molecule has 6 heteroatoms. The third kappa shape index (κ3) is 2.95. The summed E-state index contributed by atoms with van der Waals surface area (Å²) in [5.41, 5.74) is 0. The van der Waals surface area contributed by atoms with Crippen LogP contribution in [0, 0.1) is 12.3 Å². The van der Waals surface area contributed by atoms with Gasteiger partial charge in [-0.3, -0.25) is 0 Å². The zero-order chi connectivity index (χ0) is 15.3. The molecule has 118 valence electrons. The van der Waals surface area contributed by atoms with E-state index in [9.17, 15) is 0 Å². The molecule has 5 atom stereocenters. The van der Waals surface area contributed by atoms with E-state index in [2.05, 4.69) is 5.92 Å². The van der Waals surface area contributed by atoms with E-state index >= 15 is 0 Å². The van der Waals surface area contributed by atoms with E-state index < -0.39 is 17.9 Å². The zero-order valence-corrected chi connectivity index (χ0v) is 12.8. The Labute approximate surface area is 125 Å². The number of rotatable bonds is 3. The van der Waals surface area contributed by atoms with Crippen molar-refractivity contribution in [1.29, 1.82) is 0 Å². The minimum Gasteiger partial charge on any atom is -0.360 e. The van der Waals surface area contributed by atoms with Crippen LogP contribution in [0.5, 0.6) is 0 Å². The molecule has 21 heavy (non-hydrogen) atoms. The Morgan fingerprint density at radius 2 is 1.86 bits per heavy atom. The van der Waals surface area contributed by atoms with Crippen molar-refractivity contribution >= 4 is 0 Å². The van der Waals surface area contributed by atoms with Crippen molar-refractivity contribution in [2.24, 2.45) is 0 Å². The second-order valence-electron chi connectivity index (χ2n) is 6.42. The number of terminal acetylenes is 1. The average molecular weight is 298 g/mol. The van der Waals surface area contributed by atoms with Gasteiger partial charge in [-0.05, 0) is 27.7 Å². The summed E-state index contributed by atoms with van der Waals surface area (Å²) in [5, 5.41) is 0. The van der Waals surface area contributed by atoms with Gasteiger partial charge >= 0.3 is 0 Å². The van der Waals surface area contributed by atoms with Crippen molar-refractivity contribution in [2.45, 2.75) is 70.0 Å². The third-order valence-electron chi connectivity index (χ3n) is 3.78. The highest BCUT2D eigenvalue weighted by Gasteiger charge is 2.58. The minimum absolute atomic E-state index is 0.189. The standard InChI is InChI=1S/C15H22O6/c1-6-7-16-11-10(9-8-17-14(2,3)19-9)18-13-12(11)20-15(4,5)21-13/h1,9-13H,7-8H2,2-5H3/t9-,10+,11+,12+,13+/m0/s1. The molecule has 3 rings (SSSR count). The molecule has 3 aliphatic rings. The third-order valence-corrected chi connectivity index (χ3v) is 3.78. The minimum atomic E-state index is -0.690. The van der Waals surface area contributed by atoms with E-state index in [1.54, 1.807) is 0 Å². The summed E-state index contributed by atoms with van der Waals surface area (Å²) in [6.45, 7) is 8.07. The zero-order valence-electron chi connectivity index (χ0n) is 12.8. The van der Waals surface area contributed by atoms with Crippen molar-refractivity contribution in [3.05, 3.63) is 0 Å². The summed E-state index contributed by atoms with van der Waals surface area (Å²) >= 11 is 0. The smallest absolute Gasteiger partial charge is 0.190 e. The predicted molar refractivity (Wildman–Crippen MR) is 72.2 cm³/mol. The molecule has 0 aromatic carbocycles. The molecule has 0 N–H and O–H groups in total. The molecule has 0 spiro atoms. The van der Waals surface area contributed by atoms with E-state index in [-0.39, 0.29) is 31.0 Å². The van der Waals surface area contributed by atoms with Crippen molar-refractivity contribution in [3.8, 4) is 12.3 Å². The Balaban J connectivity index is 1.74. The van der Waals surface area contributed by atoms with Crippen molar-refractivity contribution in [2.75, 3.05) is 13.2 Å². The highest BCUT2D eigenvalue weighted by molar-refractivity contribution is 4.99. The average Bonchev–Trinajstić information content (AvgIpc) is 2.96. The Hall–Kier alpha value is -0.680. The maximum Gasteiger partial charge on any atom is 0.190 e. The number of ether oxygens (including phenoxy) is 6. The lowest BCUT2D eigenvalue weighted by molar-refractivity contribution is -0.235. The van der Waals surface area contributed by atoms with E-state index in [1.165, 1.54) is 0 Å². The van der Waals surface area contributed by atoms with Gasteiger partial charge in [0, 0.05) is 0 Å². The molecule has 0 aromatic heterocycles. The Bertz CT molecular complexity index is 440. The van der Waals surface area contributed by atoms with Crippen LogP contribution in [0.1, 0.15) is 27.7 Å². The summed E-state index contributed by atoms with van der Waals surface area (Å²) in [6.07, 6.45) is 3.61. The molecule has 3 aliphatic heterocycles. The molecular formula is C15H22O6. The molecule has 0 unspecified atom stereocenters. The molecule has 3 fully saturated rings. The van der Waals surface area contributed by atoms with Crippen molar-refractivity contribution in [1.82, 2.24) is 0 Å². The molecule has 0 aliphatic carbocycles. The molecule has 0 bridgehead atoms. The number of hydrogen-bond acceptors (Lipinski definition) is 6. The molecule has 6 nitrogen and oxygen atoms in total. The SMILES string of the molecule is C#CCO[C@H]1[C@H]2OC(C)(C)O[C@H]2O[C@@H]1[C@@H]1COC(C)(C)O1. The van der Waals surface area contributed by atoms with Gasteiger partial charge in [0.15, 0.2) is 17.9 Å². The lowest BCUT2D eigenvalue weighted by Crippen LogP contribution is -2.44. The molecule has 0 aromatic rings. The van der Waals surface area contributed by atoms with Gasteiger partial charge in [-0.15, -0.1) is 6.42 Å². The van der Waals surface area contributed by atoms with Gasteiger partial charge in [0.05, 0.1) is 6.61 Å². The maximum absolute atomic E-state index is 5.96. The first kappa shape index (κ1) is 15.2. The first-order valence-electron chi connectivity index (χ1n) is 7.19. The van der Waals surface area contributed by atoms with E-state index in [1.807, 2.05) is 27.7 Å². The fourth-order valence-corrected chi connectivity index (χ4v) is 3.01. The van der Waals surface area contributed by atoms with Crippen LogP contribution >= 0.6 is 0 Å². The van der Waals surface area contributed by atoms with E-state index in [0.717, 1.165) is 0 Å². The monoisotopic (exact) mass is 298 g/mol. The second-order valence-corrected chi connectivity index (χ2v) is 6.42. The number of hydrogen-bond donors (Lipinski definition) is 0. The quantitative estimate of drug-likeness (QED) is 0.726. The Morgan fingerprint density at radius 1 is 1.10 bits per heavy atom. The van der Waals surface area contributed by atoms with Crippen LogP contribution in [0.2, 0.25) is 0 Å². The topological polar surface area (TPSA) is 55.4 Å². The van der Waals surface area contributed by atoms with Crippen LogP contribution in [0.15, 0.2) is 0 Å². The highest BCUT2D eigenvalue weighted by atomic mass is 16.8. The van der Waals surface area contributed by atoms with Crippen molar-refractivity contribution in [3.63, 3.8) is 0 Å². The normalized spacial score (nSPS) is 43.7. The van der Waals surface area contributed by atoms with Crippen LogP contribution in [-0.4, -0.2) is 55.5 Å². The molecule has 3 saturated heterocycles. The predicted octanol–water partition coefficient (Wildman–Crippen LogP) is 1.03. The van der Waals surface area contributed by atoms with E-state index in [4.69, 9.17) is 34.8 Å². The van der Waals surface area contributed by atoms with Gasteiger partial charge in [-0.1, -0.05) is 5.92 Å². The van der Waals surface area contributed by atoms with Gasteiger partial charge in [0.1, 0.15) is 31.0 Å². The summed E-state index contributed by atoms with van der Waals surface area (Å²) in [6, 6.07) is 0. The molecule has 3 heterocycles. The van der Waals surface area contributed by atoms with Gasteiger partial charge in [0.25, 0.3) is 0 Å². The molecule has 0 radical (unpaired) electrons. The Morgan fingerprint density at radius 3 is 2.48 bits per heavy atom. The van der Waals surface area contributed by atoms with Gasteiger partial charge < -0.3 is 28.4 Å². The largest absolute Gasteiger partial charge is 0.360 e. The second kappa shape index (κ2) is 5.20. The Kier molecular flexibility index (Phi) is 3.77. The highest BCUT2D eigenvalue weighted by Crippen LogP contribution is 2.41. The van der Waals surface area contributed by atoms with Crippen LogP contribution < -0.4 is 0 Å². The first-order valence-corrected chi connectivity index (χ1v) is 7.19. The van der Waals surface area contributed by atoms with E-state index in [0.29, 0.717) is 6.61 Å². The van der Waals surface area contributed by atoms with Gasteiger partial charge in [-0.2, -0.15) is 0 Å². The van der Waals surface area contributed by atoms with Crippen LogP contribution in [0.4, 0.5) is 0 Å². The lowest BCUT2D eigenvalue weighted by atomic mass is 10.1. The summed E-state index contributed by atoms with van der Waals surface area (Å²) < 4.78 is 34.8. The molecule has 0 saturated carbocycles.